The van der Waals surface area contributed by atoms with Crippen LogP contribution in [0.5, 0.6) is 17.2 Å². The Labute approximate surface area is 213 Å². The summed E-state index contributed by atoms with van der Waals surface area (Å²) < 4.78 is 11.0. The summed E-state index contributed by atoms with van der Waals surface area (Å²) in [6.45, 7) is 0.781. The third-order valence-electron chi connectivity index (χ3n) is 4.89. The number of thiocarbonyl (C=S) groups is 1. The molecule has 0 spiro atoms. The van der Waals surface area contributed by atoms with E-state index in [0.29, 0.717) is 29.8 Å². The molecule has 0 unspecified atom stereocenters. The quantitative estimate of drug-likeness (QED) is 0.222. The fourth-order valence-corrected chi connectivity index (χ4v) is 3.38. The zero-order chi connectivity index (χ0) is 25.2. The molecule has 0 atom stereocenters. The molecule has 0 fully saturated rings. The summed E-state index contributed by atoms with van der Waals surface area (Å²) >= 11 is 5.27. The number of methoxy groups -OCH3 is 1. The molecule has 4 aromatic rings. The van der Waals surface area contributed by atoms with Crippen LogP contribution in [0.15, 0.2) is 78.9 Å². The molecule has 1 amide bonds. The van der Waals surface area contributed by atoms with Gasteiger partial charge in [-0.25, -0.2) is 0 Å². The topological polar surface area (TPSA) is 115 Å². The van der Waals surface area contributed by atoms with Gasteiger partial charge in [0.15, 0.2) is 5.11 Å². The van der Waals surface area contributed by atoms with Gasteiger partial charge >= 0.3 is 0 Å². The van der Waals surface area contributed by atoms with Crippen molar-refractivity contribution in [1.82, 2.24) is 30.8 Å². The van der Waals surface area contributed by atoms with Gasteiger partial charge in [-0.1, -0.05) is 30.3 Å². The van der Waals surface area contributed by atoms with Crippen molar-refractivity contribution in [2.24, 2.45) is 0 Å². The van der Waals surface area contributed by atoms with Gasteiger partial charge < -0.3 is 25.4 Å². The summed E-state index contributed by atoms with van der Waals surface area (Å²) in [6.07, 6.45) is 0. The number of aromatic nitrogens is 4. The fraction of sp³-hybridized carbons (Fsp3) is 0.160. The third-order valence-corrected chi connectivity index (χ3v) is 5.14. The molecule has 0 aliphatic heterocycles. The highest BCUT2D eigenvalue weighted by atomic mass is 32.1. The standard InChI is InChI=1S/C25H25N7O3S/c1-34-20-12-10-19(11-13-20)28-25(36)27-15-14-26-23(33)17-32-30-24(29-31-32)18-6-5-9-22(16-18)35-21-7-3-2-4-8-21/h2-13,16H,14-15,17H2,1H3,(H,26,33)(H2,27,28,36). The van der Waals surface area contributed by atoms with Crippen LogP contribution >= 0.6 is 12.2 Å². The summed E-state index contributed by atoms with van der Waals surface area (Å²) in [5.41, 5.74) is 1.57. The van der Waals surface area contributed by atoms with Gasteiger partial charge in [-0.2, -0.15) is 4.80 Å². The number of para-hydroxylation sites is 1. The lowest BCUT2D eigenvalue weighted by Gasteiger charge is -2.11. The number of carbonyl (C=O) groups excluding carboxylic acids is 1. The Hall–Kier alpha value is -4.51. The Balaban J connectivity index is 1.20. The van der Waals surface area contributed by atoms with Gasteiger partial charge in [-0.15, -0.1) is 10.2 Å². The molecule has 0 radical (unpaired) electrons. The molecular formula is C25H25N7O3S. The van der Waals surface area contributed by atoms with Crippen molar-refractivity contribution < 1.29 is 14.3 Å². The number of nitrogens with one attached hydrogen (secondary N) is 3. The first-order valence-corrected chi connectivity index (χ1v) is 11.6. The number of benzene rings is 3. The number of anilines is 1. The molecule has 0 saturated carbocycles. The van der Waals surface area contributed by atoms with Crippen LogP contribution in [0.4, 0.5) is 5.69 Å². The first-order valence-electron chi connectivity index (χ1n) is 11.2. The van der Waals surface area contributed by atoms with E-state index in [1.807, 2.05) is 78.9 Å². The van der Waals surface area contributed by atoms with E-state index in [-0.39, 0.29) is 12.5 Å². The zero-order valence-electron chi connectivity index (χ0n) is 19.5. The van der Waals surface area contributed by atoms with Gasteiger partial charge in [0.25, 0.3) is 0 Å². The highest BCUT2D eigenvalue weighted by molar-refractivity contribution is 7.80. The summed E-state index contributed by atoms with van der Waals surface area (Å²) in [4.78, 5) is 13.5. The van der Waals surface area contributed by atoms with Gasteiger partial charge in [0, 0.05) is 24.3 Å². The average molecular weight is 504 g/mol. The van der Waals surface area contributed by atoms with Gasteiger partial charge in [0.2, 0.25) is 11.7 Å². The number of nitrogens with zero attached hydrogens (tertiary/aromatic N) is 4. The van der Waals surface area contributed by atoms with Gasteiger partial charge in [-0.05, 0) is 66.0 Å². The number of amides is 1. The predicted molar refractivity (Wildman–Crippen MR) is 140 cm³/mol. The van der Waals surface area contributed by atoms with Crippen molar-refractivity contribution in [3.63, 3.8) is 0 Å². The molecular weight excluding hydrogens is 478 g/mol. The monoisotopic (exact) mass is 503 g/mol. The predicted octanol–water partition coefficient (Wildman–Crippen LogP) is 3.24. The Kier molecular flexibility index (Phi) is 8.39. The second-order valence-electron chi connectivity index (χ2n) is 7.55. The van der Waals surface area contributed by atoms with Crippen molar-refractivity contribution in [2.75, 3.05) is 25.5 Å². The van der Waals surface area contributed by atoms with Crippen LogP contribution in [0.3, 0.4) is 0 Å². The summed E-state index contributed by atoms with van der Waals surface area (Å²) in [7, 11) is 1.61. The normalized spacial score (nSPS) is 10.4. The van der Waals surface area contributed by atoms with Crippen LogP contribution in [0.2, 0.25) is 0 Å². The molecule has 0 bridgehead atoms. The Morgan fingerprint density at radius 2 is 1.67 bits per heavy atom. The zero-order valence-corrected chi connectivity index (χ0v) is 20.4. The van der Waals surface area contributed by atoms with E-state index in [0.717, 1.165) is 22.7 Å². The number of tetrazole rings is 1. The average Bonchev–Trinajstić information content (AvgIpc) is 3.36. The van der Waals surface area contributed by atoms with Crippen molar-refractivity contribution in [3.05, 3.63) is 78.9 Å². The number of carbonyl (C=O) groups is 1. The summed E-state index contributed by atoms with van der Waals surface area (Å²) in [6, 6.07) is 24.3. The minimum absolute atomic E-state index is 0.0538. The van der Waals surface area contributed by atoms with E-state index >= 15 is 0 Å². The molecule has 11 heteroatoms. The van der Waals surface area contributed by atoms with Crippen LogP contribution in [0.25, 0.3) is 11.4 Å². The van der Waals surface area contributed by atoms with Crippen molar-refractivity contribution in [2.45, 2.75) is 6.54 Å². The number of rotatable bonds is 10. The van der Waals surface area contributed by atoms with E-state index in [1.54, 1.807) is 7.11 Å². The highest BCUT2D eigenvalue weighted by Crippen LogP contribution is 2.25. The first kappa shape index (κ1) is 24.6. The Morgan fingerprint density at radius 3 is 2.44 bits per heavy atom. The molecule has 0 aliphatic carbocycles. The SMILES string of the molecule is COc1ccc(NC(=S)NCCNC(=O)Cn2nnc(-c3cccc(Oc4ccccc4)c3)n2)cc1. The Bertz CT molecular complexity index is 1300. The summed E-state index contributed by atoms with van der Waals surface area (Å²) in [5.74, 6) is 2.31. The second-order valence-corrected chi connectivity index (χ2v) is 7.95. The van der Waals surface area contributed by atoms with Crippen molar-refractivity contribution >= 4 is 28.9 Å². The minimum atomic E-state index is -0.240. The van der Waals surface area contributed by atoms with Gasteiger partial charge in [-0.3, -0.25) is 4.79 Å². The maximum Gasteiger partial charge on any atom is 0.243 e. The number of hydrogen-bond donors (Lipinski definition) is 3. The molecule has 184 valence electrons. The highest BCUT2D eigenvalue weighted by Gasteiger charge is 2.10. The lowest BCUT2D eigenvalue weighted by atomic mass is 10.2. The van der Waals surface area contributed by atoms with E-state index in [1.165, 1.54) is 4.80 Å². The van der Waals surface area contributed by atoms with E-state index in [2.05, 4.69) is 31.4 Å². The minimum Gasteiger partial charge on any atom is -0.497 e. The molecule has 0 aliphatic rings. The van der Waals surface area contributed by atoms with Crippen LogP contribution in [-0.2, 0) is 11.3 Å². The molecule has 1 heterocycles. The van der Waals surface area contributed by atoms with E-state index in [4.69, 9.17) is 21.7 Å². The molecule has 3 aromatic carbocycles. The molecule has 0 saturated heterocycles. The van der Waals surface area contributed by atoms with Crippen molar-refractivity contribution in [1.29, 1.82) is 0 Å². The molecule has 10 nitrogen and oxygen atoms in total. The summed E-state index contributed by atoms with van der Waals surface area (Å²) in [5, 5.41) is 21.7. The van der Waals surface area contributed by atoms with Crippen LogP contribution < -0.4 is 25.4 Å². The van der Waals surface area contributed by atoms with Gasteiger partial charge in [0.05, 0.1) is 7.11 Å². The maximum atomic E-state index is 12.3. The maximum absolute atomic E-state index is 12.3. The van der Waals surface area contributed by atoms with E-state index in [9.17, 15) is 4.79 Å². The molecule has 4 rings (SSSR count). The molecule has 1 aromatic heterocycles. The van der Waals surface area contributed by atoms with Crippen LogP contribution in [0.1, 0.15) is 0 Å². The smallest absolute Gasteiger partial charge is 0.243 e. The molecule has 3 N–H and O–H groups in total. The van der Waals surface area contributed by atoms with E-state index < -0.39 is 0 Å². The Morgan fingerprint density at radius 1 is 0.917 bits per heavy atom. The lowest BCUT2D eigenvalue weighted by molar-refractivity contribution is -0.122. The third kappa shape index (κ3) is 7.24. The van der Waals surface area contributed by atoms with Crippen LogP contribution in [-0.4, -0.2) is 51.4 Å². The largest absolute Gasteiger partial charge is 0.497 e. The lowest BCUT2D eigenvalue weighted by Crippen LogP contribution is -2.38. The second kappa shape index (κ2) is 12.3. The van der Waals surface area contributed by atoms with Crippen molar-refractivity contribution in [3.8, 4) is 28.6 Å². The fourth-order valence-electron chi connectivity index (χ4n) is 3.16. The number of hydrogen-bond acceptors (Lipinski definition) is 7. The molecule has 36 heavy (non-hydrogen) atoms. The van der Waals surface area contributed by atoms with Gasteiger partial charge in [0.1, 0.15) is 23.8 Å². The first-order chi connectivity index (χ1) is 17.6. The van der Waals surface area contributed by atoms with Crippen LogP contribution in [0, 0.1) is 0 Å². The number of ether oxygens (including phenoxy) is 2.